The first-order valence-corrected chi connectivity index (χ1v) is 4.41. The number of rotatable bonds is 1. The fourth-order valence-corrected chi connectivity index (χ4v) is 1.47. The Labute approximate surface area is 70.9 Å². The second-order valence-electron chi connectivity index (χ2n) is 3.51. The van der Waals surface area contributed by atoms with Gasteiger partial charge in [0.1, 0.15) is 0 Å². The molecule has 3 nitrogen and oxygen atoms in total. The Morgan fingerprint density at radius 1 is 1.33 bits per heavy atom. The third-order valence-corrected chi connectivity index (χ3v) is 2.48. The Balaban J connectivity index is 1.94. The summed E-state index contributed by atoms with van der Waals surface area (Å²) >= 11 is 0. The number of nitrogens with one attached hydrogen (secondary N) is 1. The van der Waals surface area contributed by atoms with E-state index in [1.54, 1.807) is 4.90 Å². The van der Waals surface area contributed by atoms with Crippen molar-refractivity contribution in [1.82, 2.24) is 10.2 Å². The number of amides is 1. The quantitative estimate of drug-likeness (QED) is 0.600. The standard InChI is InChI=1S/C8H13FN2O/c9-8(1-2-8)7(12)11-5-3-10-4-6-11/h10H,1-6H2. The molecule has 0 unspecified atom stereocenters. The summed E-state index contributed by atoms with van der Waals surface area (Å²) in [5.41, 5.74) is -1.47. The molecule has 2 rings (SSSR count). The lowest BCUT2D eigenvalue weighted by Gasteiger charge is -2.28. The van der Waals surface area contributed by atoms with E-state index in [9.17, 15) is 9.18 Å². The van der Waals surface area contributed by atoms with Crippen LogP contribution in [0.3, 0.4) is 0 Å². The largest absolute Gasteiger partial charge is 0.337 e. The molecule has 12 heavy (non-hydrogen) atoms. The molecule has 0 aromatic carbocycles. The molecule has 1 saturated heterocycles. The van der Waals surface area contributed by atoms with Gasteiger partial charge in [-0.2, -0.15) is 0 Å². The maximum absolute atomic E-state index is 13.3. The van der Waals surface area contributed by atoms with Crippen molar-refractivity contribution in [3.8, 4) is 0 Å². The van der Waals surface area contributed by atoms with Gasteiger partial charge in [-0.1, -0.05) is 0 Å². The number of hydrogen-bond donors (Lipinski definition) is 1. The maximum Gasteiger partial charge on any atom is 0.260 e. The van der Waals surface area contributed by atoms with Gasteiger partial charge in [0.2, 0.25) is 0 Å². The lowest BCUT2D eigenvalue weighted by Crippen LogP contribution is -2.49. The van der Waals surface area contributed by atoms with E-state index < -0.39 is 5.67 Å². The maximum atomic E-state index is 13.3. The van der Waals surface area contributed by atoms with Gasteiger partial charge in [-0.15, -0.1) is 0 Å². The molecular formula is C8H13FN2O. The number of nitrogens with zero attached hydrogens (tertiary/aromatic N) is 1. The van der Waals surface area contributed by atoms with E-state index in [1.807, 2.05) is 0 Å². The predicted molar refractivity (Wildman–Crippen MR) is 42.5 cm³/mol. The smallest absolute Gasteiger partial charge is 0.260 e. The van der Waals surface area contributed by atoms with Crippen molar-refractivity contribution < 1.29 is 9.18 Å². The van der Waals surface area contributed by atoms with Gasteiger partial charge < -0.3 is 10.2 Å². The summed E-state index contributed by atoms with van der Waals surface area (Å²) in [5, 5.41) is 3.13. The van der Waals surface area contributed by atoms with Crippen LogP contribution in [0.5, 0.6) is 0 Å². The third-order valence-electron chi connectivity index (χ3n) is 2.48. The van der Waals surface area contributed by atoms with Crippen molar-refractivity contribution in [2.45, 2.75) is 18.5 Å². The second-order valence-corrected chi connectivity index (χ2v) is 3.51. The van der Waals surface area contributed by atoms with Crippen LogP contribution in [-0.2, 0) is 4.79 Å². The van der Waals surface area contributed by atoms with Crippen LogP contribution in [0.4, 0.5) is 4.39 Å². The normalized spacial score (nSPS) is 26.9. The molecule has 2 aliphatic rings. The van der Waals surface area contributed by atoms with Gasteiger partial charge in [0.05, 0.1) is 0 Å². The molecule has 0 aromatic rings. The van der Waals surface area contributed by atoms with Crippen molar-refractivity contribution in [3.05, 3.63) is 0 Å². The van der Waals surface area contributed by atoms with Crippen molar-refractivity contribution in [2.75, 3.05) is 26.2 Å². The molecule has 68 valence electrons. The third kappa shape index (κ3) is 1.31. The minimum atomic E-state index is -1.47. The van der Waals surface area contributed by atoms with Crippen molar-refractivity contribution in [3.63, 3.8) is 0 Å². The molecule has 0 radical (unpaired) electrons. The summed E-state index contributed by atoms with van der Waals surface area (Å²) in [5.74, 6) is -0.288. The van der Waals surface area contributed by atoms with Gasteiger partial charge in [-0.3, -0.25) is 4.79 Å². The van der Waals surface area contributed by atoms with Crippen LogP contribution >= 0.6 is 0 Å². The molecule has 0 bridgehead atoms. The number of hydrogen-bond acceptors (Lipinski definition) is 2. The summed E-state index contributed by atoms with van der Waals surface area (Å²) in [6.07, 6.45) is 0.853. The topological polar surface area (TPSA) is 32.3 Å². The summed E-state index contributed by atoms with van der Waals surface area (Å²) in [4.78, 5) is 13.0. The molecule has 0 aromatic heterocycles. The summed E-state index contributed by atoms with van der Waals surface area (Å²) < 4.78 is 13.3. The van der Waals surface area contributed by atoms with Crippen LogP contribution in [0.25, 0.3) is 0 Å². The molecule has 1 amide bonds. The lowest BCUT2D eigenvalue weighted by atomic mass is 10.2. The fourth-order valence-electron chi connectivity index (χ4n) is 1.47. The first kappa shape index (κ1) is 7.98. The van der Waals surface area contributed by atoms with Crippen molar-refractivity contribution >= 4 is 5.91 Å². The number of halogens is 1. The Hall–Kier alpha value is -0.640. The van der Waals surface area contributed by atoms with Gasteiger partial charge in [-0.25, -0.2) is 4.39 Å². The minimum absolute atomic E-state index is 0.288. The van der Waals surface area contributed by atoms with E-state index in [4.69, 9.17) is 0 Å². The van der Waals surface area contributed by atoms with Gasteiger partial charge >= 0.3 is 0 Å². The van der Waals surface area contributed by atoms with Crippen molar-refractivity contribution in [1.29, 1.82) is 0 Å². The van der Waals surface area contributed by atoms with E-state index >= 15 is 0 Å². The van der Waals surface area contributed by atoms with E-state index in [0.717, 1.165) is 13.1 Å². The van der Waals surface area contributed by atoms with Crippen molar-refractivity contribution in [2.24, 2.45) is 0 Å². The highest BCUT2D eigenvalue weighted by atomic mass is 19.1. The zero-order valence-corrected chi connectivity index (χ0v) is 6.98. The van der Waals surface area contributed by atoms with Gasteiger partial charge in [0.25, 0.3) is 5.91 Å². The molecule has 1 saturated carbocycles. The van der Waals surface area contributed by atoms with E-state index in [0.29, 0.717) is 25.9 Å². The Morgan fingerprint density at radius 3 is 2.42 bits per heavy atom. The second kappa shape index (κ2) is 2.69. The summed E-state index contributed by atoms with van der Waals surface area (Å²) in [6.45, 7) is 2.90. The molecule has 0 spiro atoms. The first-order chi connectivity index (χ1) is 5.72. The predicted octanol–water partition coefficient (Wildman–Crippen LogP) is -0.0797. The summed E-state index contributed by atoms with van der Waals surface area (Å²) in [6, 6.07) is 0. The Morgan fingerprint density at radius 2 is 1.92 bits per heavy atom. The van der Waals surface area contributed by atoms with Crippen LogP contribution in [0.15, 0.2) is 0 Å². The van der Waals surface area contributed by atoms with E-state index in [1.165, 1.54) is 0 Å². The Bertz CT molecular complexity index is 197. The van der Waals surface area contributed by atoms with Crippen LogP contribution in [0.1, 0.15) is 12.8 Å². The SMILES string of the molecule is O=C(N1CCNCC1)C1(F)CC1. The highest BCUT2D eigenvalue weighted by molar-refractivity contribution is 5.88. The van der Waals surface area contributed by atoms with Crippen LogP contribution < -0.4 is 5.32 Å². The van der Waals surface area contributed by atoms with E-state index in [-0.39, 0.29) is 5.91 Å². The molecular weight excluding hydrogens is 159 g/mol. The number of alkyl halides is 1. The van der Waals surface area contributed by atoms with Crippen LogP contribution in [-0.4, -0.2) is 42.7 Å². The first-order valence-electron chi connectivity index (χ1n) is 4.41. The monoisotopic (exact) mass is 172 g/mol. The number of carbonyl (C=O) groups is 1. The molecule has 1 heterocycles. The minimum Gasteiger partial charge on any atom is -0.337 e. The highest BCUT2D eigenvalue weighted by Crippen LogP contribution is 2.41. The van der Waals surface area contributed by atoms with E-state index in [2.05, 4.69) is 5.32 Å². The molecule has 1 aliphatic carbocycles. The lowest BCUT2D eigenvalue weighted by molar-refractivity contribution is -0.138. The van der Waals surface area contributed by atoms with Crippen LogP contribution in [0.2, 0.25) is 0 Å². The molecule has 1 N–H and O–H groups in total. The average molecular weight is 172 g/mol. The van der Waals surface area contributed by atoms with Gasteiger partial charge in [-0.05, 0) is 12.8 Å². The van der Waals surface area contributed by atoms with Gasteiger partial charge in [0.15, 0.2) is 5.67 Å². The molecule has 0 atom stereocenters. The molecule has 4 heteroatoms. The van der Waals surface area contributed by atoms with Crippen LogP contribution in [0, 0.1) is 0 Å². The number of piperazine rings is 1. The zero-order valence-electron chi connectivity index (χ0n) is 6.98. The molecule has 2 fully saturated rings. The Kier molecular flexibility index (Phi) is 1.79. The molecule has 1 aliphatic heterocycles. The highest BCUT2D eigenvalue weighted by Gasteiger charge is 2.52. The summed E-state index contributed by atoms with van der Waals surface area (Å²) in [7, 11) is 0. The van der Waals surface area contributed by atoms with Gasteiger partial charge in [0, 0.05) is 26.2 Å². The fraction of sp³-hybridized carbons (Fsp3) is 0.875. The average Bonchev–Trinajstić information content (AvgIpc) is 2.85. The zero-order chi connectivity index (χ0) is 8.60. The number of carbonyl (C=O) groups excluding carboxylic acids is 1.